The molecule has 0 aliphatic carbocycles. The van der Waals surface area contributed by atoms with Gasteiger partial charge in [-0.3, -0.25) is 0 Å². The van der Waals surface area contributed by atoms with Gasteiger partial charge < -0.3 is 4.42 Å². The zero-order valence-corrected chi connectivity index (χ0v) is 8.84. The fraction of sp³-hybridized carbons (Fsp3) is 0.364. The molecule has 1 aromatic heterocycles. The fourth-order valence-corrected chi connectivity index (χ4v) is 1.64. The smallest absolute Gasteiger partial charge is 0.192 e. The molecule has 0 radical (unpaired) electrons. The SMILES string of the molecule is Cc1nc2ccc(CCCCl)cc2o1. The minimum atomic E-state index is 0.702. The summed E-state index contributed by atoms with van der Waals surface area (Å²) in [5, 5.41) is 0. The Morgan fingerprint density at radius 3 is 3.07 bits per heavy atom. The molecule has 0 bridgehead atoms. The molecule has 3 heteroatoms. The Kier molecular flexibility index (Phi) is 2.73. The first-order valence-corrected chi connectivity index (χ1v) is 5.25. The van der Waals surface area contributed by atoms with E-state index in [2.05, 4.69) is 11.1 Å². The van der Waals surface area contributed by atoms with E-state index in [4.69, 9.17) is 16.0 Å². The molecule has 1 aromatic carbocycles. The topological polar surface area (TPSA) is 26.0 Å². The summed E-state index contributed by atoms with van der Waals surface area (Å²) < 4.78 is 5.44. The van der Waals surface area contributed by atoms with Crippen LogP contribution in [0.4, 0.5) is 0 Å². The maximum Gasteiger partial charge on any atom is 0.192 e. The second kappa shape index (κ2) is 4.01. The van der Waals surface area contributed by atoms with E-state index in [1.54, 1.807) is 0 Å². The average molecular weight is 210 g/mol. The summed E-state index contributed by atoms with van der Waals surface area (Å²) >= 11 is 5.64. The number of rotatable bonds is 3. The van der Waals surface area contributed by atoms with Crippen LogP contribution in [-0.4, -0.2) is 10.9 Å². The van der Waals surface area contributed by atoms with Crippen molar-refractivity contribution >= 4 is 22.7 Å². The predicted molar refractivity (Wildman–Crippen MR) is 57.8 cm³/mol. The molecule has 1 heterocycles. The highest BCUT2D eigenvalue weighted by atomic mass is 35.5. The van der Waals surface area contributed by atoms with Gasteiger partial charge in [0.25, 0.3) is 0 Å². The monoisotopic (exact) mass is 209 g/mol. The number of hydrogen-bond donors (Lipinski definition) is 0. The van der Waals surface area contributed by atoms with Crippen LogP contribution in [0, 0.1) is 6.92 Å². The van der Waals surface area contributed by atoms with Crippen LogP contribution < -0.4 is 0 Å². The number of oxazole rings is 1. The Labute approximate surface area is 87.9 Å². The highest BCUT2D eigenvalue weighted by Crippen LogP contribution is 2.17. The number of fused-ring (bicyclic) bond motifs is 1. The highest BCUT2D eigenvalue weighted by Gasteiger charge is 2.02. The second-order valence-corrected chi connectivity index (χ2v) is 3.71. The molecule has 0 saturated heterocycles. The van der Waals surface area contributed by atoms with Crippen LogP contribution in [-0.2, 0) is 6.42 Å². The van der Waals surface area contributed by atoms with Crippen LogP contribution in [0.25, 0.3) is 11.1 Å². The van der Waals surface area contributed by atoms with Crippen molar-refractivity contribution in [3.05, 3.63) is 29.7 Å². The number of aryl methyl sites for hydroxylation is 2. The largest absolute Gasteiger partial charge is 0.441 e. The minimum Gasteiger partial charge on any atom is -0.441 e. The van der Waals surface area contributed by atoms with E-state index in [1.165, 1.54) is 5.56 Å². The van der Waals surface area contributed by atoms with Gasteiger partial charge in [-0.05, 0) is 30.5 Å². The molecule has 0 unspecified atom stereocenters. The van der Waals surface area contributed by atoms with Crippen LogP contribution in [0.5, 0.6) is 0 Å². The third kappa shape index (κ3) is 1.90. The number of alkyl halides is 1. The first kappa shape index (κ1) is 9.53. The van der Waals surface area contributed by atoms with Gasteiger partial charge in [-0.1, -0.05) is 6.07 Å². The van der Waals surface area contributed by atoms with Crippen molar-refractivity contribution in [1.82, 2.24) is 4.98 Å². The molecule has 0 aliphatic heterocycles. The van der Waals surface area contributed by atoms with Crippen molar-refractivity contribution in [2.75, 3.05) is 5.88 Å². The highest BCUT2D eigenvalue weighted by molar-refractivity contribution is 6.17. The van der Waals surface area contributed by atoms with E-state index in [9.17, 15) is 0 Å². The molecule has 2 rings (SSSR count). The number of halogens is 1. The summed E-state index contributed by atoms with van der Waals surface area (Å²) in [6, 6.07) is 6.12. The number of nitrogens with zero attached hydrogens (tertiary/aromatic N) is 1. The lowest BCUT2D eigenvalue weighted by atomic mass is 10.1. The normalized spacial score (nSPS) is 11.0. The third-order valence-electron chi connectivity index (χ3n) is 2.16. The van der Waals surface area contributed by atoms with E-state index in [0.717, 1.165) is 29.8 Å². The molecule has 0 amide bonds. The molecule has 2 aromatic rings. The predicted octanol–water partition coefficient (Wildman–Crippen LogP) is 3.31. The Morgan fingerprint density at radius 2 is 2.29 bits per heavy atom. The summed E-state index contributed by atoms with van der Waals surface area (Å²) in [5.41, 5.74) is 3.06. The first-order chi connectivity index (χ1) is 6.79. The summed E-state index contributed by atoms with van der Waals surface area (Å²) in [4.78, 5) is 4.24. The lowest BCUT2D eigenvalue weighted by molar-refractivity contribution is 0.560. The molecule has 0 atom stereocenters. The van der Waals surface area contributed by atoms with E-state index >= 15 is 0 Å². The molecule has 0 saturated carbocycles. The quantitative estimate of drug-likeness (QED) is 0.725. The van der Waals surface area contributed by atoms with Gasteiger partial charge >= 0.3 is 0 Å². The zero-order valence-electron chi connectivity index (χ0n) is 8.09. The van der Waals surface area contributed by atoms with E-state index in [0.29, 0.717) is 5.88 Å². The Morgan fingerprint density at radius 1 is 1.43 bits per heavy atom. The minimum absolute atomic E-state index is 0.702. The molecule has 0 fully saturated rings. The van der Waals surface area contributed by atoms with Crippen LogP contribution in [0.15, 0.2) is 22.6 Å². The van der Waals surface area contributed by atoms with Gasteiger partial charge in [-0.25, -0.2) is 4.98 Å². The standard InChI is InChI=1S/C11H12ClNO/c1-8-13-10-5-4-9(3-2-6-12)7-11(10)14-8/h4-5,7H,2-3,6H2,1H3. The Balaban J connectivity index is 2.31. The molecular weight excluding hydrogens is 198 g/mol. The lowest BCUT2D eigenvalue weighted by Gasteiger charge is -1.97. The summed E-state index contributed by atoms with van der Waals surface area (Å²) in [5.74, 6) is 1.42. The molecule has 0 N–H and O–H groups in total. The Bertz CT molecular complexity index is 436. The third-order valence-corrected chi connectivity index (χ3v) is 2.43. The van der Waals surface area contributed by atoms with Crippen LogP contribution in [0.3, 0.4) is 0 Å². The van der Waals surface area contributed by atoms with E-state index in [-0.39, 0.29) is 0 Å². The van der Waals surface area contributed by atoms with Gasteiger partial charge in [0.1, 0.15) is 5.52 Å². The molecule has 14 heavy (non-hydrogen) atoms. The van der Waals surface area contributed by atoms with Gasteiger partial charge in [0.2, 0.25) is 0 Å². The van der Waals surface area contributed by atoms with Crippen molar-refractivity contribution in [2.45, 2.75) is 19.8 Å². The number of aromatic nitrogens is 1. The fourth-order valence-electron chi connectivity index (χ4n) is 1.51. The van der Waals surface area contributed by atoms with Crippen LogP contribution >= 0.6 is 11.6 Å². The van der Waals surface area contributed by atoms with Gasteiger partial charge in [-0.2, -0.15) is 0 Å². The number of benzene rings is 1. The van der Waals surface area contributed by atoms with Gasteiger partial charge in [0.05, 0.1) is 0 Å². The molecule has 0 aliphatic rings. The van der Waals surface area contributed by atoms with E-state index < -0.39 is 0 Å². The second-order valence-electron chi connectivity index (χ2n) is 3.33. The number of hydrogen-bond acceptors (Lipinski definition) is 2. The molecule has 0 spiro atoms. The average Bonchev–Trinajstić information content (AvgIpc) is 2.54. The summed E-state index contributed by atoms with van der Waals surface area (Å²) in [6.07, 6.45) is 2.00. The van der Waals surface area contributed by atoms with Gasteiger partial charge in [0, 0.05) is 12.8 Å². The summed E-state index contributed by atoms with van der Waals surface area (Å²) in [6.45, 7) is 1.86. The van der Waals surface area contributed by atoms with Crippen molar-refractivity contribution in [2.24, 2.45) is 0 Å². The summed E-state index contributed by atoms with van der Waals surface area (Å²) in [7, 11) is 0. The van der Waals surface area contributed by atoms with Crippen molar-refractivity contribution in [1.29, 1.82) is 0 Å². The van der Waals surface area contributed by atoms with E-state index in [1.807, 2.05) is 19.1 Å². The molecule has 74 valence electrons. The van der Waals surface area contributed by atoms with Crippen LogP contribution in [0.2, 0.25) is 0 Å². The van der Waals surface area contributed by atoms with Crippen molar-refractivity contribution < 1.29 is 4.42 Å². The zero-order chi connectivity index (χ0) is 9.97. The molecular formula is C11H12ClNO. The van der Waals surface area contributed by atoms with Crippen LogP contribution in [0.1, 0.15) is 17.9 Å². The molecule has 2 nitrogen and oxygen atoms in total. The van der Waals surface area contributed by atoms with Gasteiger partial charge in [-0.15, -0.1) is 11.6 Å². The van der Waals surface area contributed by atoms with Gasteiger partial charge in [0.15, 0.2) is 11.5 Å². The lowest BCUT2D eigenvalue weighted by Crippen LogP contribution is -1.85. The van der Waals surface area contributed by atoms with Crippen molar-refractivity contribution in [3.8, 4) is 0 Å². The Hall–Kier alpha value is -1.02. The maximum atomic E-state index is 5.64. The van der Waals surface area contributed by atoms with Crippen molar-refractivity contribution in [3.63, 3.8) is 0 Å². The first-order valence-electron chi connectivity index (χ1n) is 4.71. The maximum absolute atomic E-state index is 5.64.